The van der Waals surface area contributed by atoms with Crippen LogP contribution in [0, 0.1) is 0 Å². The van der Waals surface area contributed by atoms with E-state index in [4.69, 9.17) is 4.74 Å². The number of hydrogen-bond donors (Lipinski definition) is 1. The number of aryl methyl sites for hydroxylation is 1. The average Bonchev–Trinajstić information content (AvgIpc) is 2.42. The second-order valence-corrected chi connectivity index (χ2v) is 7.03. The molecule has 0 aromatic heterocycles. The number of benzene rings is 1. The first kappa shape index (κ1) is 15.5. The van der Waals surface area contributed by atoms with Gasteiger partial charge in [-0.15, -0.1) is 0 Å². The molecule has 0 amide bonds. The second kappa shape index (κ2) is 6.28. The molecule has 0 bridgehead atoms. The summed E-state index contributed by atoms with van der Waals surface area (Å²) in [7, 11) is 0. The lowest BCUT2D eigenvalue weighted by Gasteiger charge is -2.41. The van der Waals surface area contributed by atoms with E-state index in [1.807, 2.05) is 0 Å². The van der Waals surface area contributed by atoms with Gasteiger partial charge in [-0.05, 0) is 58.1 Å². The monoisotopic (exact) mass is 275 g/mol. The van der Waals surface area contributed by atoms with Crippen LogP contribution < -0.4 is 5.32 Å². The highest BCUT2D eigenvalue weighted by Crippen LogP contribution is 2.37. The minimum absolute atomic E-state index is 0.137. The predicted molar refractivity (Wildman–Crippen MR) is 85.3 cm³/mol. The summed E-state index contributed by atoms with van der Waals surface area (Å²) in [4.78, 5) is 0. The van der Waals surface area contributed by atoms with Crippen molar-refractivity contribution in [2.75, 3.05) is 19.8 Å². The molecule has 1 aromatic rings. The van der Waals surface area contributed by atoms with Gasteiger partial charge in [0.25, 0.3) is 0 Å². The minimum atomic E-state index is 0.137. The smallest absolute Gasteiger partial charge is 0.0575 e. The first-order valence-corrected chi connectivity index (χ1v) is 7.88. The summed E-state index contributed by atoms with van der Waals surface area (Å²) in [5.74, 6) is 0. The Hall–Kier alpha value is -0.860. The first-order chi connectivity index (χ1) is 9.47. The van der Waals surface area contributed by atoms with Gasteiger partial charge in [-0.1, -0.05) is 24.3 Å². The molecule has 112 valence electrons. The van der Waals surface area contributed by atoms with E-state index in [9.17, 15) is 0 Å². The third-order valence-electron chi connectivity index (χ3n) is 4.23. The van der Waals surface area contributed by atoms with Gasteiger partial charge in [-0.2, -0.15) is 0 Å². The fourth-order valence-corrected chi connectivity index (χ4v) is 3.12. The minimum Gasteiger partial charge on any atom is -0.381 e. The Morgan fingerprint density at radius 2 is 2.00 bits per heavy atom. The molecule has 0 saturated carbocycles. The lowest BCUT2D eigenvalue weighted by atomic mass is 9.70. The Morgan fingerprint density at radius 1 is 1.25 bits per heavy atom. The van der Waals surface area contributed by atoms with Crippen LogP contribution in [0.15, 0.2) is 24.3 Å². The molecule has 0 radical (unpaired) electrons. The van der Waals surface area contributed by atoms with Gasteiger partial charge in [-0.25, -0.2) is 0 Å². The zero-order chi connectivity index (χ0) is 14.6. The van der Waals surface area contributed by atoms with Gasteiger partial charge in [0.05, 0.1) is 6.61 Å². The Labute approximate surface area is 123 Å². The van der Waals surface area contributed by atoms with Crippen molar-refractivity contribution in [3.8, 4) is 0 Å². The maximum absolute atomic E-state index is 5.86. The third kappa shape index (κ3) is 3.62. The van der Waals surface area contributed by atoms with Crippen molar-refractivity contribution in [3.05, 3.63) is 35.4 Å². The van der Waals surface area contributed by atoms with Crippen LogP contribution in [0.25, 0.3) is 0 Å². The van der Waals surface area contributed by atoms with Crippen molar-refractivity contribution in [2.45, 2.75) is 57.9 Å². The van der Waals surface area contributed by atoms with Gasteiger partial charge in [0, 0.05) is 24.1 Å². The largest absolute Gasteiger partial charge is 0.381 e. The maximum Gasteiger partial charge on any atom is 0.0575 e. The molecule has 0 heterocycles. The molecule has 0 saturated heterocycles. The predicted octanol–water partition coefficient (Wildman–Crippen LogP) is 3.69. The maximum atomic E-state index is 5.86. The molecule has 2 rings (SSSR count). The molecule has 0 aliphatic heterocycles. The summed E-state index contributed by atoms with van der Waals surface area (Å²) in [6.45, 7) is 11.4. The van der Waals surface area contributed by atoms with Gasteiger partial charge < -0.3 is 10.1 Å². The third-order valence-corrected chi connectivity index (χ3v) is 4.23. The molecule has 0 spiro atoms. The standard InChI is InChI=1S/C18H29NO/c1-5-20-14-18(13-19-17(2,3)4)12-8-10-15-9-6-7-11-16(15)18/h6-7,9,11,19H,5,8,10,12-14H2,1-4H3. The van der Waals surface area contributed by atoms with Crippen molar-refractivity contribution in [1.29, 1.82) is 0 Å². The topological polar surface area (TPSA) is 21.3 Å². The van der Waals surface area contributed by atoms with Crippen LogP contribution in [0.2, 0.25) is 0 Å². The molecule has 1 aliphatic rings. The molecular formula is C18H29NO. The highest BCUT2D eigenvalue weighted by Gasteiger charge is 2.37. The summed E-state index contributed by atoms with van der Waals surface area (Å²) in [6.07, 6.45) is 3.68. The van der Waals surface area contributed by atoms with Crippen molar-refractivity contribution >= 4 is 0 Å². The number of nitrogens with one attached hydrogen (secondary N) is 1. The van der Waals surface area contributed by atoms with Crippen LogP contribution >= 0.6 is 0 Å². The van der Waals surface area contributed by atoms with E-state index in [-0.39, 0.29) is 11.0 Å². The van der Waals surface area contributed by atoms with Crippen LogP contribution in [0.1, 0.15) is 51.7 Å². The SMILES string of the molecule is CCOCC1(CNC(C)(C)C)CCCc2ccccc21. The van der Waals surface area contributed by atoms with E-state index in [1.54, 1.807) is 0 Å². The number of ether oxygens (including phenoxy) is 1. The Morgan fingerprint density at radius 3 is 2.70 bits per heavy atom. The molecule has 1 unspecified atom stereocenters. The quantitative estimate of drug-likeness (QED) is 0.885. The number of rotatable bonds is 5. The molecule has 20 heavy (non-hydrogen) atoms. The zero-order valence-electron chi connectivity index (χ0n) is 13.5. The van der Waals surface area contributed by atoms with E-state index in [0.717, 1.165) is 19.8 Å². The normalized spacial score (nSPS) is 22.6. The number of fused-ring (bicyclic) bond motifs is 1. The van der Waals surface area contributed by atoms with Gasteiger partial charge in [0.2, 0.25) is 0 Å². The molecular weight excluding hydrogens is 246 g/mol. The summed E-state index contributed by atoms with van der Waals surface area (Å²) in [6, 6.07) is 8.92. The lowest BCUT2D eigenvalue weighted by Crippen LogP contribution is -2.49. The first-order valence-electron chi connectivity index (χ1n) is 7.88. The van der Waals surface area contributed by atoms with Crippen LogP contribution in [0.4, 0.5) is 0 Å². The molecule has 1 N–H and O–H groups in total. The van der Waals surface area contributed by atoms with Gasteiger partial charge in [0.1, 0.15) is 0 Å². The van der Waals surface area contributed by atoms with Crippen molar-refractivity contribution in [3.63, 3.8) is 0 Å². The van der Waals surface area contributed by atoms with E-state index in [0.29, 0.717) is 0 Å². The molecule has 2 heteroatoms. The zero-order valence-corrected chi connectivity index (χ0v) is 13.5. The fourth-order valence-electron chi connectivity index (χ4n) is 3.12. The summed E-state index contributed by atoms with van der Waals surface area (Å²) in [5.41, 5.74) is 3.29. The highest BCUT2D eigenvalue weighted by atomic mass is 16.5. The summed E-state index contributed by atoms with van der Waals surface area (Å²) < 4.78 is 5.86. The van der Waals surface area contributed by atoms with Crippen molar-refractivity contribution < 1.29 is 4.74 Å². The number of hydrogen-bond acceptors (Lipinski definition) is 2. The Balaban J connectivity index is 2.28. The van der Waals surface area contributed by atoms with E-state index < -0.39 is 0 Å². The molecule has 1 aromatic carbocycles. The second-order valence-electron chi connectivity index (χ2n) is 7.03. The average molecular weight is 275 g/mol. The van der Waals surface area contributed by atoms with E-state index >= 15 is 0 Å². The Kier molecular flexibility index (Phi) is 4.87. The van der Waals surface area contributed by atoms with Crippen LogP contribution in [-0.2, 0) is 16.6 Å². The molecule has 0 fully saturated rings. The summed E-state index contributed by atoms with van der Waals surface area (Å²) in [5, 5.41) is 3.70. The molecule has 1 atom stereocenters. The van der Waals surface area contributed by atoms with Crippen LogP contribution in [0.5, 0.6) is 0 Å². The summed E-state index contributed by atoms with van der Waals surface area (Å²) >= 11 is 0. The lowest BCUT2D eigenvalue weighted by molar-refractivity contribution is 0.0787. The Bertz CT molecular complexity index is 435. The molecule has 2 nitrogen and oxygen atoms in total. The van der Waals surface area contributed by atoms with Gasteiger partial charge in [-0.3, -0.25) is 0 Å². The van der Waals surface area contributed by atoms with Gasteiger partial charge >= 0.3 is 0 Å². The molecule has 1 aliphatic carbocycles. The van der Waals surface area contributed by atoms with Gasteiger partial charge in [0.15, 0.2) is 0 Å². The van der Waals surface area contributed by atoms with Crippen LogP contribution in [-0.4, -0.2) is 25.3 Å². The highest BCUT2D eigenvalue weighted by molar-refractivity contribution is 5.37. The van der Waals surface area contributed by atoms with Crippen LogP contribution in [0.3, 0.4) is 0 Å². The van der Waals surface area contributed by atoms with E-state index in [2.05, 4.69) is 57.3 Å². The van der Waals surface area contributed by atoms with E-state index in [1.165, 1.54) is 30.4 Å². The van der Waals surface area contributed by atoms with Crippen molar-refractivity contribution in [2.24, 2.45) is 0 Å². The van der Waals surface area contributed by atoms with Crippen molar-refractivity contribution in [1.82, 2.24) is 5.32 Å². The fraction of sp³-hybridized carbons (Fsp3) is 0.667.